The number of carbonyl (C=O) groups is 1. The molecule has 0 aromatic heterocycles. The molecule has 0 spiro atoms. The van der Waals surface area contributed by atoms with Gasteiger partial charge in [0.15, 0.2) is 4.32 Å². The number of hydrogen-bond donors (Lipinski definition) is 0. The summed E-state index contributed by atoms with van der Waals surface area (Å²) in [6.45, 7) is 5.06. The second-order valence-electron chi connectivity index (χ2n) is 5.10. The average Bonchev–Trinajstić information content (AvgIpc) is 2.77. The molecule has 1 heterocycles. The number of hydrazone groups is 1. The van der Waals surface area contributed by atoms with Crippen molar-refractivity contribution in [2.24, 2.45) is 11.0 Å². The highest BCUT2D eigenvalue weighted by molar-refractivity contribution is 8.23. The summed E-state index contributed by atoms with van der Waals surface area (Å²) < 4.78 is 6.16. The predicted octanol–water partition coefficient (Wildman–Crippen LogP) is 3.31. The third kappa shape index (κ3) is 4.82. The standard InChI is InChI=1S/C15H18N2O2S2/c1-11(2)7-8-19-13-5-3-12(4-6-13)9-16-17-14(18)10-21-15(17)20/h3-6,9,11H,7-8,10H2,1-2H3/b16-9-. The molecule has 0 atom stereocenters. The topological polar surface area (TPSA) is 41.9 Å². The molecule has 2 rings (SSSR count). The van der Waals surface area contributed by atoms with E-state index in [1.165, 1.54) is 16.8 Å². The molecule has 1 aromatic rings. The van der Waals surface area contributed by atoms with E-state index < -0.39 is 0 Å². The number of hydrogen-bond acceptors (Lipinski definition) is 5. The molecule has 0 bridgehead atoms. The molecular weight excluding hydrogens is 304 g/mol. The van der Waals surface area contributed by atoms with Crippen LogP contribution in [0.1, 0.15) is 25.8 Å². The summed E-state index contributed by atoms with van der Waals surface area (Å²) in [6.07, 6.45) is 2.67. The van der Waals surface area contributed by atoms with Crippen molar-refractivity contribution in [2.75, 3.05) is 12.4 Å². The zero-order chi connectivity index (χ0) is 15.2. The Morgan fingerprint density at radius 2 is 2.14 bits per heavy atom. The molecule has 0 N–H and O–H groups in total. The molecule has 0 aliphatic carbocycles. The van der Waals surface area contributed by atoms with Crippen LogP contribution < -0.4 is 4.74 Å². The van der Waals surface area contributed by atoms with Crippen LogP contribution in [0.15, 0.2) is 29.4 Å². The largest absolute Gasteiger partial charge is 0.494 e. The summed E-state index contributed by atoms with van der Waals surface area (Å²) in [7, 11) is 0. The first kappa shape index (κ1) is 16.0. The molecule has 1 aliphatic rings. The minimum Gasteiger partial charge on any atom is -0.494 e. The maximum absolute atomic E-state index is 11.5. The van der Waals surface area contributed by atoms with E-state index in [-0.39, 0.29) is 5.91 Å². The molecular formula is C15H18N2O2S2. The van der Waals surface area contributed by atoms with Crippen molar-refractivity contribution in [3.63, 3.8) is 0 Å². The van der Waals surface area contributed by atoms with Crippen molar-refractivity contribution in [1.82, 2.24) is 5.01 Å². The quantitative estimate of drug-likeness (QED) is 0.595. The van der Waals surface area contributed by atoms with Crippen LogP contribution in [0.4, 0.5) is 0 Å². The van der Waals surface area contributed by atoms with E-state index in [0.29, 0.717) is 16.0 Å². The van der Waals surface area contributed by atoms with Crippen molar-refractivity contribution in [3.8, 4) is 5.75 Å². The van der Waals surface area contributed by atoms with Gasteiger partial charge in [-0.05, 0) is 42.2 Å². The van der Waals surface area contributed by atoms with Gasteiger partial charge in [-0.25, -0.2) is 0 Å². The van der Waals surface area contributed by atoms with Gasteiger partial charge in [0.05, 0.1) is 18.6 Å². The van der Waals surface area contributed by atoms with E-state index in [9.17, 15) is 4.79 Å². The van der Waals surface area contributed by atoms with Crippen LogP contribution in [0.3, 0.4) is 0 Å². The summed E-state index contributed by atoms with van der Waals surface area (Å²) in [4.78, 5) is 11.5. The normalized spacial score (nSPS) is 15.5. The predicted molar refractivity (Wildman–Crippen MR) is 90.9 cm³/mol. The molecule has 1 amide bonds. The van der Waals surface area contributed by atoms with Crippen molar-refractivity contribution in [3.05, 3.63) is 29.8 Å². The number of rotatable bonds is 6. The minimum absolute atomic E-state index is 0.0742. The third-order valence-electron chi connectivity index (χ3n) is 2.89. The molecule has 21 heavy (non-hydrogen) atoms. The number of ether oxygens (including phenoxy) is 1. The Labute approximate surface area is 134 Å². The maximum Gasteiger partial charge on any atom is 0.259 e. The SMILES string of the molecule is CC(C)CCOc1ccc(/C=N\N2C(=O)CSC2=S)cc1. The van der Waals surface area contributed by atoms with Gasteiger partial charge in [0, 0.05) is 0 Å². The van der Waals surface area contributed by atoms with Gasteiger partial charge >= 0.3 is 0 Å². The number of carbonyl (C=O) groups excluding carboxylic acids is 1. The fourth-order valence-electron chi connectivity index (χ4n) is 1.65. The lowest BCUT2D eigenvalue weighted by molar-refractivity contribution is -0.123. The van der Waals surface area contributed by atoms with Crippen molar-refractivity contribution >= 4 is 40.4 Å². The molecule has 6 heteroatoms. The van der Waals surface area contributed by atoms with Crippen molar-refractivity contribution in [1.29, 1.82) is 0 Å². The fraction of sp³-hybridized carbons (Fsp3) is 0.400. The first-order chi connectivity index (χ1) is 10.1. The molecule has 0 saturated carbocycles. The second kappa shape index (κ2) is 7.56. The number of nitrogens with zero attached hydrogens (tertiary/aromatic N) is 2. The number of thioether (sulfide) groups is 1. The zero-order valence-electron chi connectivity index (χ0n) is 12.1. The van der Waals surface area contributed by atoms with Crippen LogP contribution in [0.2, 0.25) is 0 Å². The van der Waals surface area contributed by atoms with Crippen molar-refractivity contribution < 1.29 is 9.53 Å². The van der Waals surface area contributed by atoms with Crippen LogP contribution in [0.5, 0.6) is 5.75 Å². The average molecular weight is 322 g/mol. The van der Waals surface area contributed by atoms with Gasteiger partial charge in [-0.2, -0.15) is 10.1 Å². The lowest BCUT2D eigenvalue weighted by Gasteiger charge is -2.08. The molecule has 112 valence electrons. The molecule has 4 nitrogen and oxygen atoms in total. The van der Waals surface area contributed by atoms with Crippen LogP contribution in [-0.2, 0) is 4.79 Å². The lowest BCUT2D eigenvalue weighted by atomic mass is 10.1. The number of benzene rings is 1. The third-order valence-corrected chi connectivity index (χ3v) is 4.23. The van der Waals surface area contributed by atoms with Gasteiger partial charge in [-0.3, -0.25) is 4.79 Å². The van der Waals surface area contributed by atoms with Crippen LogP contribution in [0, 0.1) is 5.92 Å². The van der Waals surface area contributed by atoms with Gasteiger partial charge in [0.1, 0.15) is 5.75 Å². The van der Waals surface area contributed by atoms with Crippen molar-refractivity contribution in [2.45, 2.75) is 20.3 Å². The number of thiocarbonyl (C=S) groups is 1. The Hall–Kier alpha value is -1.40. The molecule has 1 aromatic carbocycles. The zero-order valence-corrected chi connectivity index (χ0v) is 13.7. The van der Waals surface area contributed by atoms with E-state index in [1.807, 2.05) is 24.3 Å². The van der Waals surface area contributed by atoms with Crippen LogP contribution in [0.25, 0.3) is 0 Å². The Balaban J connectivity index is 1.90. The lowest BCUT2D eigenvalue weighted by Crippen LogP contribution is -2.22. The Kier molecular flexibility index (Phi) is 5.76. The van der Waals surface area contributed by atoms with Gasteiger partial charge < -0.3 is 4.74 Å². The Morgan fingerprint density at radius 3 is 2.71 bits per heavy atom. The summed E-state index contributed by atoms with van der Waals surface area (Å²) in [5, 5.41) is 5.40. The van der Waals surface area contributed by atoms with Gasteiger partial charge in [0.2, 0.25) is 0 Å². The Morgan fingerprint density at radius 1 is 1.43 bits per heavy atom. The highest BCUT2D eigenvalue weighted by Gasteiger charge is 2.25. The van der Waals surface area contributed by atoms with E-state index in [0.717, 1.165) is 24.3 Å². The van der Waals surface area contributed by atoms with E-state index >= 15 is 0 Å². The summed E-state index contributed by atoms with van der Waals surface area (Å²) in [5.41, 5.74) is 0.902. The first-order valence-electron chi connectivity index (χ1n) is 6.83. The van der Waals surface area contributed by atoms with Gasteiger partial charge in [0.25, 0.3) is 5.91 Å². The van der Waals surface area contributed by atoms with Gasteiger partial charge in [-0.15, -0.1) is 0 Å². The summed E-state index contributed by atoms with van der Waals surface area (Å²) >= 11 is 6.39. The Bertz CT molecular complexity index is 525. The summed E-state index contributed by atoms with van der Waals surface area (Å²) in [5.74, 6) is 1.78. The van der Waals surface area contributed by atoms with E-state index in [1.54, 1.807) is 6.21 Å². The smallest absolute Gasteiger partial charge is 0.259 e. The number of amides is 1. The van der Waals surface area contributed by atoms with E-state index in [2.05, 4.69) is 18.9 Å². The molecule has 1 aliphatic heterocycles. The van der Waals surface area contributed by atoms with Gasteiger partial charge in [-0.1, -0.05) is 37.8 Å². The fourth-order valence-corrected chi connectivity index (χ4v) is 2.61. The van der Waals surface area contributed by atoms with E-state index in [4.69, 9.17) is 17.0 Å². The molecule has 0 radical (unpaired) electrons. The monoisotopic (exact) mass is 322 g/mol. The first-order valence-corrected chi connectivity index (χ1v) is 8.22. The molecule has 1 saturated heterocycles. The van der Waals surface area contributed by atoms with Crippen LogP contribution in [-0.4, -0.2) is 33.8 Å². The minimum atomic E-state index is -0.0742. The molecule has 0 unspecified atom stereocenters. The van der Waals surface area contributed by atoms with Crippen LogP contribution >= 0.6 is 24.0 Å². The maximum atomic E-state index is 11.5. The second-order valence-corrected chi connectivity index (χ2v) is 6.71. The summed E-state index contributed by atoms with van der Waals surface area (Å²) in [6, 6.07) is 7.62. The highest BCUT2D eigenvalue weighted by atomic mass is 32.2. The highest BCUT2D eigenvalue weighted by Crippen LogP contribution is 2.19. The molecule has 1 fully saturated rings.